The fraction of sp³-hybridized carbons (Fsp3) is 0.0690. The van der Waals surface area contributed by atoms with Crippen molar-refractivity contribution in [2.24, 2.45) is 0 Å². The standard InChI is InChI=1S/C58H41N/c1-57(2)50-22-10-6-17-45(50)48-36-35-43(37-55(48)57)59(41-31-27-39(28-32-41)38-15-4-3-5-16-38)42-33-29-40(30-34-42)44-21-14-26-54-56(44)49-20-9-13-25-53(49)58(54)51-23-11-7-18-46(51)47-19-8-12-24-52(47)58/h3-37H,1-2H3. The lowest BCUT2D eigenvalue weighted by molar-refractivity contribution is 0.660. The minimum absolute atomic E-state index is 0.101. The van der Waals surface area contributed by atoms with Gasteiger partial charge in [-0.3, -0.25) is 0 Å². The predicted octanol–water partition coefficient (Wildman–Crippen LogP) is 15.1. The van der Waals surface area contributed by atoms with Gasteiger partial charge in [0.1, 0.15) is 0 Å². The van der Waals surface area contributed by atoms with Crippen LogP contribution in [0, 0.1) is 0 Å². The van der Waals surface area contributed by atoms with Crippen LogP contribution in [0.1, 0.15) is 47.2 Å². The van der Waals surface area contributed by atoms with Crippen LogP contribution in [-0.4, -0.2) is 0 Å². The lowest BCUT2D eigenvalue weighted by Gasteiger charge is -2.30. The van der Waals surface area contributed by atoms with Crippen molar-refractivity contribution >= 4 is 17.1 Å². The Balaban J connectivity index is 1.00. The van der Waals surface area contributed by atoms with Gasteiger partial charge in [0.15, 0.2) is 0 Å². The molecule has 0 radical (unpaired) electrons. The molecule has 0 unspecified atom stereocenters. The van der Waals surface area contributed by atoms with Crippen molar-refractivity contribution in [1.29, 1.82) is 0 Å². The molecule has 59 heavy (non-hydrogen) atoms. The number of hydrogen-bond acceptors (Lipinski definition) is 1. The largest absolute Gasteiger partial charge is 0.310 e. The van der Waals surface area contributed by atoms with E-state index in [4.69, 9.17) is 0 Å². The van der Waals surface area contributed by atoms with E-state index < -0.39 is 0 Å². The van der Waals surface area contributed by atoms with Crippen LogP contribution in [0.15, 0.2) is 212 Å². The summed E-state index contributed by atoms with van der Waals surface area (Å²) < 4.78 is 0. The van der Waals surface area contributed by atoms with Gasteiger partial charge in [-0.15, -0.1) is 0 Å². The highest BCUT2D eigenvalue weighted by Gasteiger charge is 2.52. The molecule has 0 N–H and O–H groups in total. The summed E-state index contributed by atoms with van der Waals surface area (Å²) >= 11 is 0. The van der Waals surface area contributed by atoms with Crippen molar-refractivity contribution in [2.75, 3.05) is 4.90 Å². The summed E-state index contributed by atoms with van der Waals surface area (Å²) in [5.74, 6) is 0. The summed E-state index contributed by atoms with van der Waals surface area (Å²) in [4.78, 5) is 2.42. The Labute approximate surface area is 346 Å². The molecule has 0 saturated heterocycles. The van der Waals surface area contributed by atoms with Gasteiger partial charge in [0.2, 0.25) is 0 Å². The smallest absolute Gasteiger partial charge is 0.0725 e. The van der Waals surface area contributed by atoms with Crippen molar-refractivity contribution in [3.63, 3.8) is 0 Å². The van der Waals surface area contributed by atoms with Crippen molar-refractivity contribution in [3.8, 4) is 55.6 Å². The first kappa shape index (κ1) is 33.9. The Morgan fingerprint density at radius 1 is 0.288 bits per heavy atom. The zero-order valence-electron chi connectivity index (χ0n) is 33.2. The molecule has 1 spiro atoms. The topological polar surface area (TPSA) is 3.24 Å². The average Bonchev–Trinajstić information content (AvgIpc) is 3.86. The van der Waals surface area contributed by atoms with Crippen LogP contribution in [0.4, 0.5) is 17.1 Å². The Morgan fingerprint density at radius 3 is 1.34 bits per heavy atom. The molecule has 0 aliphatic heterocycles. The minimum atomic E-state index is -0.362. The monoisotopic (exact) mass is 751 g/mol. The molecule has 0 atom stereocenters. The fourth-order valence-electron chi connectivity index (χ4n) is 10.9. The highest BCUT2D eigenvalue weighted by atomic mass is 15.1. The summed E-state index contributed by atoms with van der Waals surface area (Å²) in [5.41, 5.74) is 24.0. The van der Waals surface area contributed by atoms with Crippen molar-refractivity contribution in [3.05, 3.63) is 246 Å². The van der Waals surface area contributed by atoms with Gasteiger partial charge in [0.05, 0.1) is 5.41 Å². The van der Waals surface area contributed by atoms with Gasteiger partial charge in [-0.2, -0.15) is 0 Å². The van der Waals surface area contributed by atoms with E-state index in [0.717, 1.165) is 17.1 Å². The number of nitrogens with zero attached hydrogens (tertiary/aromatic N) is 1. The number of hydrogen-bond donors (Lipinski definition) is 0. The second kappa shape index (κ2) is 12.6. The van der Waals surface area contributed by atoms with Crippen molar-refractivity contribution in [1.82, 2.24) is 0 Å². The minimum Gasteiger partial charge on any atom is -0.310 e. The van der Waals surface area contributed by atoms with Crippen molar-refractivity contribution < 1.29 is 0 Å². The summed E-state index contributed by atoms with van der Waals surface area (Å²) in [6.45, 7) is 4.72. The second-order valence-corrected chi connectivity index (χ2v) is 16.8. The molecular weight excluding hydrogens is 711 g/mol. The first-order valence-corrected chi connectivity index (χ1v) is 20.8. The maximum absolute atomic E-state index is 2.42. The lowest BCUT2D eigenvalue weighted by atomic mass is 9.70. The van der Waals surface area contributed by atoms with E-state index in [1.54, 1.807) is 0 Å². The molecule has 9 aromatic rings. The highest BCUT2D eigenvalue weighted by molar-refractivity contribution is 6.00. The van der Waals surface area contributed by atoms with E-state index in [1.807, 2.05) is 0 Å². The number of benzene rings is 9. The van der Waals surface area contributed by atoms with E-state index in [1.165, 1.54) is 89.0 Å². The van der Waals surface area contributed by atoms with Gasteiger partial charge in [0.25, 0.3) is 0 Å². The molecule has 0 fully saturated rings. The predicted molar refractivity (Wildman–Crippen MR) is 246 cm³/mol. The van der Waals surface area contributed by atoms with Gasteiger partial charge in [-0.1, -0.05) is 190 Å². The second-order valence-electron chi connectivity index (χ2n) is 16.8. The third kappa shape index (κ3) is 4.73. The van der Waals surface area contributed by atoms with Gasteiger partial charge in [0, 0.05) is 22.5 Å². The Bertz CT molecular complexity index is 3070. The summed E-state index contributed by atoms with van der Waals surface area (Å²) in [5, 5.41) is 0. The van der Waals surface area contributed by atoms with E-state index in [2.05, 4.69) is 231 Å². The first-order chi connectivity index (χ1) is 29.0. The zero-order valence-corrected chi connectivity index (χ0v) is 33.2. The molecule has 0 heterocycles. The average molecular weight is 752 g/mol. The summed E-state index contributed by atoms with van der Waals surface area (Å²) in [6.07, 6.45) is 0. The highest BCUT2D eigenvalue weighted by Crippen LogP contribution is 2.64. The van der Waals surface area contributed by atoms with Crippen LogP contribution in [0.2, 0.25) is 0 Å². The van der Waals surface area contributed by atoms with E-state index in [-0.39, 0.29) is 10.8 Å². The maximum atomic E-state index is 2.42. The molecule has 0 bridgehead atoms. The molecule has 0 saturated carbocycles. The summed E-state index contributed by atoms with van der Waals surface area (Å²) in [6, 6.07) is 79.0. The fourth-order valence-corrected chi connectivity index (χ4v) is 10.9. The molecule has 12 rings (SSSR count). The van der Waals surface area contributed by atoms with Gasteiger partial charge < -0.3 is 4.90 Å². The van der Waals surface area contributed by atoms with Gasteiger partial charge in [-0.05, 0) is 125 Å². The number of rotatable bonds is 5. The van der Waals surface area contributed by atoms with E-state index >= 15 is 0 Å². The molecule has 9 aromatic carbocycles. The quantitative estimate of drug-likeness (QED) is 0.169. The van der Waals surface area contributed by atoms with E-state index in [0.29, 0.717) is 0 Å². The zero-order chi connectivity index (χ0) is 39.3. The molecule has 3 aliphatic carbocycles. The van der Waals surface area contributed by atoms with E-state index in [9.17, 15) is 0 Å². The molecule has 1 heteroatoms. The Kier molecular flexibility index (Phi) is 7.26. The Hall–Kier alpha value is -7.22. The molecule has 3 aliphatic rings. The van der Waals surface area contributed by atoms with Gasteiger partial charge in [-0.25, -0.2) is 0 Å². The Morgan fingerprint density at radius 2 is 0.712 bits per heavy atom. The van der Waals surface area contributed by atoms with Crippen LogP contribution < -0.4 is 4.90 Å². The van der Waals surface area contributed by atoms with Crippen LogP contribution in [0.5, 0.6) is 0 Å². The normalized spacial score (nSPS) is 14.2. The SMILES string of the molecule is CC1(C)c2ccccc2-c2ccc(N(c3ccc(-c4ccccc4)cc3)c3ccc(-c4cccc5c4-c4ccccc4C54c5ccccc5-c5ccccc54)cc3)cc21. The summed E-state index contributed by atoms with van der Waals surface area (Å²) in [7, 11) is 0. The van der Waals surface area contributed by atoms with Crippen LogP contribution in [-0.2, 0) is 10.8 Å². The number of fused-ring (bicyclic) bond motifs is 13. The third-order valence-corrected chi connectivity index (χ3v) is 13.5. The van der Waals surface area contributed by atoms with Crippen molar-refractivity contribution in [2.45, 2.75) is 24.7 Å². The van der Waals surface area contributed by atoms with Gasteiger partial charge >= 0.3 is 0 Å². The lowest BCUT2D eigenvalue weighted by Crippen LogP contribution is -2.25. The molecular formula is C58H41N. The molecule has 278 valence electrons. The van der Waals surface area contributed by atoms with Crippen LogP contribution >= 0.6 is 0 Å². The maximum Gasteiger partial charge on any atom is 0.0725 e. The molecule has 0 aromatic heterocycles. The third-order valence-electron chi connectivity index (χ3n) is 13.5. The van der Waals surface area contributed by atoms with Crippen LogP contribution in [0.3, 0.4) is 0 Å². The molecule has 0 amide bonds. The first-order valence-electron chi connectivity index (χ1n) is 20.8. The molecule has 1 nitrogen and oxygen atoms in total. The number of anilines is 3. The van der Waals surface area contributed by atoms with Crippen LogP contribution in [0.25, 0.3) is 55.6 Å².